The molecule has 3 rings (SSSR count). The Morgan fingerprint density at radius 2 is 2.35 bits per heavy atom. The quantitative estimate of drug-likeness (QED) is 0.863. The van der Waals surface area contributed by atoms with Crippen molar-refractivity contribution in [3.8, 4) is 0 Å². The number of hydrogen-bond donors (Lipinski definition) is 2. The first kappa shape index (κ1) is 16.5. The fourth-order valence-electron chi connectivity index (χ4n) is 3.03. The molecule has 2 N–H and O–H groups in total. The maximum atomic E-state index is 12.3. The lowest BCUT2D eigenvalue weighted by Crippen LogP contribution is -2.45. The molecule has 1 aliphatic heterocycles. The minimum Gasteiger partial charge on any atom is -0.379 e. The summed E-state index contributed by atoms with van der Waals surface area (Å²) >= 11 is 6.28. The molecule has 2 aromatic rings. The van der Waals surface area contributed by atoms with Crippen LogP contribution in [0.5, 0.6) is 0 Å². The van der Waals surface area contributed by atoms with Crippen LogP contribution in [0.15, 0.2) is 18.5 Å². The van der Waals surface area contributed by atoms with Crippen molar-refractivity contribution in [1.29, 1.82) is 0 Å². The molecule has 6 nitrogen and oxygen atoms in total. The number of rotatable bonds is 5. The van der Waals surface area contributed by atoms with Crippen LogP contribution in [0.2, 0.25) is 5.02 Å². The van der Waals surface area contributed by atoms with E-state index in [1.54, 1.807) is 10.5 Å². The van der Waals surface area contributed by atoms with E-state index in [0.29, 0.717) is 24.5 Å². The number of sulfonamides is 1. The lowest BCUT2D eigenvalue weighted by atomic mass is 10.1. The van der Waals surface area contributed by atoms with Crippen molar-refractivity contribution in [2.45, 2.75) is 32.2 Å². The maximum Gasteiger partial charge on any atom is 0.214 e. The topological polar surface area (TPSA) is 78.1 Å². The van der Waals surface area contributed by atoms with Crippen LogP contribution in [-0.2, 0) is 10.0 Å². The molecular formula is C15H21ClN4O2S. The molecule has 126 valence electrons. The van der Waals surface area contributed by atoms with Crippen molar-refractivity contribution in [2.24, 2.45) is 0 Å². The van der Waals surface area contributed by atoms with Crippen molar-refractivity contribution in [3.05, 3.63) is 23.5 Å². The zero-order valence-electron chi connectivity index (χ0n) is 13.0. The Bertz CT molecular complexity index is 790. The minimum absolute atomic E-state index is 0.0494. The fraction of sp³-hybridized carbons (Fsp3) is 0.533. The van der Waals surface area contributed by atoms with Crippen LogP contribution in [0.25, 0.3) is 11.0 Å². The first-order valence-corrected chi connectivity index (χ1v) is 9.86. The third kappa shape index (κ3) is 3.46. The van der Waals surface area contributed by atoms with Gasteiger partial charge in [0.1, 0.15) is 5.65 Å². The zero-order valence-corrected chi connectivity index (χ0v) is 14.6. The van der Waals surface area contributed by atoms with Crippen molar-refractivity contribution in [2.75, 3.05) is 24.2 Å². The Hall–Kier alpha value is -1.31. The molecule has 0 saturated carbocycles. The predicted molar refractivity (Wildman–Crippen MR) is 93.4 cm³/mol. The number of H-pyrrole nitrogens is 1. The lowest BCUT2D eigenvalue weighted by Gasteiger charge is -2.33. The van der Waals surface area contributed by atoms with Crippen molar-refractivity contribution >= 4 is 38.3 Å². The highest BCUT2D eigenvalue weighted by atomic mass is 35.5. The van der Waals surface area contributed by atoms with Crippen LogP contribution < -0.4 is 5.32 Å². The van der Waals surface area contributed by atoms with E-state index in [2.05, 4.69) is 15.3 Å². The molecule has 0 spiro atoms. The summed E-state index contributed by atoms with van der Waals surface area (Å²) in [6.07, 6.45) is 5.83. The number of aromatic nitrogens is 2. The van der Waals surface area contributed by atoms with Crippen LogP contribution in [0.3, 0.4) is 0 Å². The van der Waals surface area contributed by atoms with Gasteiger partial charge in [0.05, 0.1) is 22.7 Å². The molecular weight excluding hydrogens is 336 g/mol. The summed E-state index contributed by atoms with van der Waals surface area (Å²) in [7, 11) is -3.16. The van der Waals surface area contributed by atoms with E-state index >= 15 is 0 Å². The second-order valence-corrected chi connectivity index (χ2v) is 8.37. The number of hydrogen-bond acceptors (Lipinski definition) is 4. The van der Waals surface area contributed by atoms with Crippen LogP contribution in [0, 0.1) is 0 Å². The van der Waals surface area contributed by atoms with Gasteiger partial charge in [0.2, 0.25) is 10.0 Å². The molecule has 8 heteroatoms. The highest BCUT2D eigenvalue weighted by Crippen LogP contribution is 2.31. The molecule has 0 amide bonds. The summed E-state index contributed by atoms with van der Waals surface area (Å²) < 4.78 is 26.2. The van der Waals surface area contributed by atoms with E-state index in [0.717, 1.165) is 29.6 Å². The molecule has 0 aliphatic carbocycles. The molecule has 0 aromatic carbocycles. The molecule has 3 heterocycles. The number of fused-ring (bicyclic) bond motifs is 1. The largest absolute Gasteiger partial charge is 0.379 e. The number of halogens is 1. The summed E-state index contributed by atoms with van der Waals surface area (Å²) in [5.41, 5.74) is 1.58. The molecule has 23 heavy (non-hydrogen) atoms. The number of nitrogens with one attached hydrogen (secondary N) is 2. The summed E-state index contributed by atoms with van der Waals surface area (Å²) in [6, 6.07) is 1.97. The highest BCUT2D eigenvalue weighted by molar-refractivity contribution is 7.89. The van der Waals surface area contributed by atoms with Crippen molar-refractivity contribution in [1.82, 2.24) is 14.3 Å². The van der Waals surface area contributed by atoms with Gasteiger partial charge < -0.3 is 10.3 Å². The van der Waals surface area contributed by atoms with E-state index in [9.17, 15) is 8.42 Å². The van der Waals surface area contributed by atoms with Crippen molar-refractivity contribution < 1.29 is 8.42 Å². The summed E-state index contributed by atoms with van der Waals surface area (Å²) in [5, 5.41) is 4.89. The van der Waals surface area contributed by atoms with E-state index in [1.807, 2.05) is 19.2 Å². The van der Waals surface area contributed by atoms with Gasteiger partial charge in [0.15, 0.2) is 0 Å². The average molecular weight is 357 g/mol. The lowest BCUT2D eigenvalue weighted by molar-refractivity contribution is 0.327. The Morgan fingerprint density at radius 1 is 1.52 bits per heavy atom. The third-order valence-electron chi connectivity index (χ3n) is 4.13. The first-order chi connectivity index (χ1) is 11.0. The normalized spacial score (nSPS) is 20.0. The summed E-state index contributed by atoms with van der Waals surface area (Å²) in [6.45, 7) is 2.97. The van der Waals surface area contributed by atoms with Gasteiger partial charge in [-0.15, -0.1) is 0 Å². The number of piperidine rings is 1. The first-order valence-electron chi connectivity index (χ1n) is 7.87. The molecule has 1 aliphatic rings. The van der Waals surface area contributed by atoms with Gasteiger partial charge in [-0.3, -0.25) is 0 Å². The Labute approximate surface area is 141 Å². The van der Waals surface area contributed by atoms with Gasteiger partial charge in [-0.2, -0.15) is 4.31 Å². The molecule has 1 fully saturated rings. The Kier molecular flexibility index (Phi) is 4.79. The SMILES string of the molecule is CCCS(=O)(=O)N1CCCC(Nc2c(Cl)cnc3[nH]ccc23)C1. The number of nitrogens with zero attached hydrogens (tertiary/aromatic N) is 2. The van der Waals surface area contributed by atoms with E-state index in [4.69, 9.17) is 11.6 Å². The summed E-state index contributed by atoms with van der Waals surface area (Å²) in [5.74, 6) is 0.206. The van der Waals surface area contributed by atoms with Crippen LogP contribution >= 0.6 is 11.6 Å². The molecule has 0 bridgehead atoms. The standard InChI is InChI=1S/C15H21ClN4O2S/c1-2-8-23(21,22)20-7-3-4-11(10-20)19-14-12-5-6-17-15(12)18-9-13(14)16/h5-6,9,11H,2-4,7-8,10H2,1H3,(H2,17,18,19). The Balaban J connectivity index is 1.80. The molecule has 1 saturated heterocycles. The highest BCUT2D eigenvalue weighted by Gasteiger charge is 2.28. The smallest absolute Gasteiger partial charge is 0.214 e. The van der Waals surface area contributed by atoms with Gasteiger partial charge >= 0.3 is 0 Å². The third-order valence-corrected chi connectivity index (χ3v) is 6.46. The van der Waals surface area contributed by atoms with Crippen LogP contribution in [0.4, 0.5) is 5.69 Å². The fourth-order valence-corrected chi connectivity index (χ4v) is 4.83. The van der Waals surface area contributed by atoms with E-state index in [-0.39, 0.29) is 11.8 Å². The van der Waals surface area contributed by atoms with Gasteiger partial charge in [-0.05, 0) is 25.3 Å². The van der Waals surface area contributed by atoms with Crippen molar-refractivity contribution in [3.63, 3.8) is 0 Å². The Morgan fingerprint density at radius 3 is 3.13 bits per heavy atom. The van der Waals surface area contributed by atoms with Gasteiger partial charge in [-0.1, -0.05) is 18.5 Å². The number of pyridine rings is 1. The number of anilines is 1. The second kappa shape index (κ2) is 6.67. The number of aromatic amines is 1. The van der Waals surface area contributed by atoms with Gasteiger partial charge in [-0.25, -0.2) is 13.4 Å². The predicted octanol–water partition coefficient (Wildman–Crippen LogP) is 2.83. The molecule has 2 aromatic heterocycles. The summed E-state index contributed by atoms with van der Waals surface area (Å²) in [4.78, 5) is 7.30. The monoisotopic (exact) mass is 356 g/mol. The molecule has 0 radical (unpaired) electrons. The average Bonchev–Trinajstić information content (AvgIpc) is 2.99. The van der Waals surface area contributed by atoms with Gasteiger partial charge in [0.25, 0.3) is 0 Å². The minimum atomic E-state index is -3.16. The van der Waals surface area contributed by atoms with Gasteiger partial charge in [0, 0.05) is 30.7 Å². The van der Waals surface area contributed by atoms with E-state index < -0.39 is 10.0 Å². The van der Waals surface area contributed by atoms with Crippen LogP contribution in [0.1, 0.15) is 26.2 Å². The van der Waals surface area contributed by atoms with E-state index in [1.165, 1.54) is 0 Å². The zero-order chi connectivity index (χ0) is 16.4. The molecule has 1 unspecified atom stereocenters. The van der Waals surface area contributed by atoms with Crippen LogP contribution in [-0.4, -0.2) is 47.6 Å². The molecule has 1 atom stereocenters. The second-order valence-electron chi connectivity index (χ2n) is 5.88. The maximum absolute atomic E-state index is 12.3.